The first kappa shape index (κ1) is 17.0. The van der Waals surface area contributed by atoms with Gasteiger partial charge in [0.15, 0.2) is 0 Å². The average molecular weight is 298 g/mol. The Bertz CT molecular complexity index is 412. The maximum absolute atomic E-state index is 12.0. The lowest BCUT2D eigenvalue weighted by Crippen LogP contribution is -2.59. The van der Waals surface area contributed by atoms with Gasteiger partial charge in [-0.15, -0.1) is 0 Å². The van der Waals surface area contributed by atoms with Crippen LogP contribution in [0, 0.1) is 0 Å². The van der Waals surface area contributed by atoms with Gasteiger partial charge in [-0.2, -0.15) is 0 Å². The molecule has 7 heteroatoms. The number of carboxylic acid groups (broad SMARTS) is 1. The van der Waals surface area contributed by atoms with Gasteiger partial charge in [-0.05, 0) is 13.8 Å². The number of hydrogen-bond acceptors (Lipinski definition) is 4. The molecule has 1 heterocycles. The molecule has 21 heavy (non-hydrogen) atoms. The third-order valence-electron chi connectivity index (χ3n) is 3.36. The van der Waals surface area contributed by atoms with E-state index in [2.05, 4.69) is 6.58 Å². The van der Waals surface area contributed by atoms with E-state index in [1.54, 1.807) is 9.80 Å². The van der Waals surface area contributed by atoms with E-state index in [0.717, 1.165) is 0 Å². The Hall–Kier alpha value is -2.05. The number of carbonyl (C=O) groups excluding carboxylic acids is 2. The second-order valence-corrected chi connectivity index (χ2v) is 5.16. The number of nitrogens with zero attached hydrogens (tertiary/aromatic N) is 2. The van der Waals surface area contributed by atoms with E-state index in [-0.39, 0.29) is 37.4 Å². The molecule has 0 unspecified atom stereocenters. The highest BCUT2D eigenvalue weighted by Crippen LogP contribution is 2.18. The first-order valence-corrected chi connectivity index (χ1v) is 6.92. The van der Waals surface area contributed by atoms with Crippen LogP contribution in [0.4, 0.5) is 4.79 Å². The molecule has 7 nitrogen and oxygen atoms in total. The van der Waals surface area contributed by atoms with Crippen molar-refractivity contribution in [1.29, 1.82) is 0 Å². The molecule has 1 aliphatic rings. The molecule has 0 bridgehead atoms. The van der Waals surface area contributed by atoms with Crippen molar-refractivity contribution in [2.45, 2.75) is 38.8 Å². The lowest BCUT2D eigenvalue weighted by molar-refractivity contribution is -0.142. The van der Waals surface area contributed by atoms with Crippen LogP contribution in [0.1, 0.15) is 26.7 Å². The number of piperazine rings is 1. The fourth-order valence-electron chi connectivity index (χ4n) is 2.46. The van der Waals surface area contributed by atoms with Crippen molar-refractivity contribution in [3.63, 3.8) is 0 Å². The summed E-state index contributed by atoms with van der Waals surface area (Å²) in [5.74, 6) is -1.19. The number of rotatable bonds is 5. The number of aliphatic carboxylic acids is 1. The smallest absolute Gasteiger partial charge is 0.410 e. The van der Waals surface area contributed by atoms with E-state index in [1.165, 1.54) is 6.08 Å². The molecular formula is C14H22N2O5. The van der Waals surface area contributed by atoms with Crippen LogP contribution in [-0.4, -0.2) is 64.7 Å². The molecule has 118 valence electrons. The second-order valence-electron chi connectivity index (χ2n) is 5.16. The molecular weight excluding hydrogens is 276 g/mol. The van der Waals surface area contributed by atoms with Gasteiger partial charge < -0.3 is 14.7 Å². The van der Waals surface area contributed by atoms with E-state index in [9.17, 15) is 14.4 Å². The zero-order valence-corrected chi connectivity index (χ0v) is 12.4. The summed E-state index contributed by atoms with van der Waals surface area (Å²) < 4.78 is 5.03. The molecule has 2 amide bonds. The maximum atomic E-state index is 12.0. The molecule has 0 aromatic carbocycles. The average Bonchev–Trinajstić information content (AvgIpc) is 2.41. The Labute approximate surface area is 124 Å². The molecule has 1 saturated heterocycles. The lowest BCUT2D eigenvalue weighted by atomic mass is 10.1. The van der Waals surface area contributed by atoms with Crippen molar-refractivity contribution >= 4 is 18.0 Å². The molecule has 2 atom stereocenters. The Morgan fingerprint density at radius 1 is 1.24 bits per heavy atom. The molecule has 0 saturated carbocycles. The summed E-state index contributed by atoms with van der Waals surface area (Å²) in [7, 11) is 0. The molecule has 0 aromatic rings. The van der Waals surface area contributed by atoms with E-state index in [0.29, 0.717) is 13.1 Å². The predicted octanol–water partition coefficient (Wildman–Crippen LogP) is 1.09. The summed E-state index contributed by atoms with van der Waals surface area (Å²) in [4.78, 5) is 37.6. The largest absolute Gasteiger partial charge is 0.481 e. The number of amides is 2. The summed E-state index contributed by atoms with van der Waals surface area (Å²) in [6, 6.07) is -0.361. The fraction of sp³-hybridized carbons (Fsp3) is 0.643. The van der Waals surface area contributed by atoms with Crippen LogP contribution >= 0.6 is 0 Å². The second kappa shape index (κ2) is 7.66. The first-order chi connectivity index (χ1) is 9.86. The van der Waals surface area contributed by atoms with E-state index >= 15 is 0 Å². The van der Waals surface area contributed by atoms with Crippen LogP contribution in [0.2, 0.25) is 0 Å². The SMILES string of the molecule is C=CCOC(=O)N1[C@H](C)CN(C(=O)CCC(=O)O)C[C@@H]1C. The fourth-order valence-corrected chi connectivity index (χ4v) is 2.46. The minimum absolute atomic E-state index is 0.0182. The van der Waals surface area contributed by atoms with Gasteiger partial charge in [0.05, 0.1) is 18.5 Å². The summed E-state index contributed by atoms with van der Waals surface area (Å²) in [6.07, 6.45) is 0.880. The lowest BCUT2D eigenvalue weighted by Gasteiger charge is -2.43. The van der Waals surface area contributed by atoms with Crippen molar-refractivity contribution in [1.82, 2.24) is 9.80 Å². The highest BCUT2D eigenvalue weighted by Gasteiger charge is 2.35. The van der Waals surface area contributed by atoms with E-state index in [1.807, 2.05) is 13.8 Å². The third-order valence-corrected chi connectivity index (χ3v) is 3.36. The zero-order valence-electron chi connectivity index (χ0n) is 12.4. The van der Waals surface area contributed by atoms with Crippen molar-refractivity contribution in [3.8, 4) is 0 Å². The van der Waals surface area contributed by atoms with Gasteiger partial charge in [0.2, 0.25) is 5.91 Å². The maximum Gasteiger partial charge on any atom is 0.410 e. The minimum Gasteiger partial charge on any atom is -0.481 e. The quantitative estimate of drug-likeness (QED) is 0.768. The Morgan fingerprint density at radius 3 is 2.29 bits per heavy atom. The topological polar surface area (TPSA) is 87.2 Å². The minimum atomic E-state index is -0.990. The summed E-state index contributed by atoms with van der Waals surface area (Å²) in [5.41, 5.74) is 0. The van der Waals surface area contributed by atoms with Crippen molar-refractivity contribution < 1.29 is 24.2 Å². The number of carbonyl (C=O) groups is 3. The predicted molar refractivity (Wildman–Crippen MR) is 75.8 cm³/mol. The van der Waals surface area contributed by atoms with Gasteiger partial charge in [-0.3, -0.25) is 14.5 Å². The van der Waals surface area contributed by atoms with Crippen LogP contribution in [-0.2, 0) is 14.3 Å². The Morgan fingerprint density at radius 2 is 1.81 bits per heavy atom. The van der Waals surface area contributed by atoms with Crippen LogP contribution in [0.15, 0.2) is 12.7 Å². The van der Waals surface area contributed by atoms with Crippen LogP contribution in [0.5, 0.6) is 0 Å². The van der Waals surface area contributed by atoms with Crippen LogP contribution in [0.3, 0.4) is 0 Å². The molecule has 1 fully saturated rings. The van der Waals surface area contributed by atoms with Gasteiger partial charge in [0, 0.05) is 19.5 Å². The molecule has 1 aliphatic heterocycles. The van der Waals surface area contributed by atoms with Crippen molar-refractivity contribution in [2.75, 3.05) is 19.7 Å². The Kier molecular flexibility index (Phi) is 6.20. The van der Waals surface area contributed by atoms with Gasteiger partial charge in [0.25, 0.3) is 0 Å². The van der Waals surface area contributed by atoms with Gasteiger partial charge in [-0.25, -0.2) is 4.79 Å². The van der Waals surface area contributed by atoms with Gasteiger partial charge >= 0.3 is 12.1 Å². The molecule has 0 spiro atoms. The van der Waals surface area contributed by atoms with Gasteiger partial charge in [0.1, 0.15) is 6.61 Å². The zero-order chi connectivity index (χ0) is 16.0. The highest BCUT2D eigenvalue weighted by molar-refractivity contribution is 5.81. The molecule has 1 N–H and O–H groups in total. The summed E-state index contributed by atoms with van der Waals surface area (Å²) in [5, 5.41) is 8.61. The monoisotopic (exact) mass is 298 g/mol. The molecule has 1 rings (SSSR count). The molecule has 0 radical (unpaired) electrons. The van der Waals surface area contributed by atoms with Crippen molar-refractivity contribution in [2.24, 2.45) is 0 Å². The number of ether oxygens (including phenoxy) is 1. The van der Waals surface area contributed by atoms with E-state index < -0.39 is 12.1 Å². The summed E-state index contributed by atoms with van der Waals surface area (Å²) in [6.45, 7) is 8.07. The molecule has 0 aliphatic carbocycles. The molecule has 0 aromatic heterocycles. The normalized spacial score (nSPS) is 21.8. The third kappa shape index (κ3) is 4.77. The van der Waals surface area contributed by atoms with Crippen LogP contribution < -0.4 is 0 Å². The number of hydrogen-bond donors (Lipinski definition) is 1. The van der Waals surface area contributed by atoms with Crippen molar-refractivity contribution in [3.05, 3.63) is 12.7 Å². The van der Waals surface area contributed by atoms with E-state index in [4.69, 9.17) is 9.84 Å². The highest BCUT2D eigenvalue weighted by atomic mass is 16.6. The number of carboxylic acids is 1. The standard InChI is InChI=1S/C14H22N2O5/c1-4-7-21-14(20)16-10(2)8-15(9-11(16)3)12(17)5-6-13(18)19/h4,10-11H,1,5-9H2,2-3H3,(H,18,19)/t10-,11+. The van der Waals surface area contributed by atoms with Crippen LogP contribution in [0.25, 0.3) is 0 Å². The summed E-state index contributed by atoms with van der Waals surface area (Å²) >= 11 is 0. The Balaban J connectivity index is 2.60. The first-order valence-electron chi connectivity index (χ1n) is 6.92. The van der Waals surface area contributed by atoms with Gasteiger partial charge in [-0.1, -0.05) is 12.7 Å².